The third kappa shape index (κ3) is 3.66. The highest BCUT2D eigenvalue weighted by atomic mass is 19.2. The molecule has 0 spiro atoms. The number of carbonyl (C=O) groups is 2. The average Bonchev–Trinajstić information content (AvgIpc) is 3.40. The van der Waals surface area contributed by atoms with Gasteiger partial charge in [0.25, 0.3) is 11.7 Å². The number of anilines is 1. The average molecular weight is 497 g/mol. The van der Waals surface area contributed by atoms with Crippen LogP contribution in [0.3, 0.4) is 0 Å². The van der Waals surface area contributed by atoms with E-state index in [2.05, 4.69) is 0 Å². The second-order valence-electron chi connectivity index (χ2n) is 9.29. The van der Waals surface area contributed by atoms with Gasteiger partial charge in [0.2, 0.25) is 0 Å². The Morgan fingerprint density at radius 3 is 2.54 bits per heavy atom. The molecular weight excluding hydrogens is 476 g/mol. The summed E-state index contributed by atoms with van der Waals surface area (Å²) in [6.07, 6.45) is 0.633. The minimum absolute atomic E-state index is 0.00848. The molecule has 0 aromatic heterocycles. The fourth-order valence-corrected chi connectivity index (χ4v) is 5.24. The Morgan fingerprint density at radius 1 is 0.946 bits per heavy atom. The molecule has 6 rings (SSSR count). The lowest BCUT2D eigenvalue weighted by atomic mass is 9.91. The molecule has 184 valence electrons. The van der Waals surface area contributed by atoms with Gasteiger partial charge in [0.05, 0.1) is 11.6 Å². The van der Waals surface area contributed by atoms with Gasteiger partial charge in [-0.3, -0.25) is 14.5 Å². The van der Waals surface area contributed by atoms with Crippen LogP contribution in [0.5, 0.6) is 5.75 Å². The molecule has 2 unspecified atom stereocenters. The largest absolute Gasteiger partial charge is 0.507 e. The highest BCUT2D eigenvalue weighted by Gasteiger charge is 2.47. The smallest absolute Gasteiger partial charge is 0.300 e. The number of ketones is 1. The van der Waals surface area contributed by atoms with E-state index in [4.69, 9.17) is 4.74 Å². The molecule has 7 heteroatoms. The van der Waals surface area contributed by atoms with Crippen LogP contribution in [0.25, 0.3) is 16.5 Å². The highest BCUT2D eigenvalue weighted by molar-refractivity contribution is 6.51. The van der Waals surface area contributed by atoms with Crippen LogP contribution in [0.2, 0.25) is 0 Å². The van der Waals surface area contributed by atoms with Gasteiger partial charge in [0.1, 0.15) is 17.6 Å². The van der Waals surface area contributed by atoms with Crippen LogP contribution in [0.1, 0.15) is 29.7 Å². The Labute approximate surface area is 211 Å². The number of Topliss-reactive ketones (excluding diaryl/α,β-unsaturated/α-hetero) is 1. The summed E-state index contributed by atoms with van der Waals surface area (Å²) in [5, 5.41) is 13.1. The van der Waals surface area contributed by atoms with Crippen molar-refractivity contribution in [2.45, 2.75) is 25.5 Å². The Balaban J connectivity index is 1.60. The Hall–Kier alpha value is -4.52. The zero-order valence-electron chi connectivity index (χ0n) is 19.7. The van der Waals surface area contributed by atoms with Crippen LogP contribution < -0.4 is 9.64 Å². The molecule has 5 nitrogen and oxygen atoms in total. The number of hydrogen-bond acceptors (Lipinski definition) is 4. The summed E-state index contributed by atoms with van der Waals surface area (Å²) in [5.41, 5.74) is 1.70. The number of aliphatic hydroxyl groups excluding tert-OH is 1. The molecule has 0 bridgehead atoms. The predicted molar refractivity (Wildman–Crippen MR) is 135 cm³/mol. The van der Waals surface area contributed by atoms with Gasteiger partial charge in [0.15, 0.2) is 11.6 Å². The number of carbonyl (C=O) groups excluding carboxylic acids is 2. The molecule has 1 saturated heterocycles. The molecule has 2 heterocycles. The summed E-state index contributed by atoms with van der Waals surface area (Å²) in [5.74, 6) is -3.71. The molecule has 0 aliphatic carbocycles. The minimum atomic E-state index is -1.15. The number of aliphatic hydroxyl groups is 1. The first-order valence-corrected chi connectivity index (χ1v) is 11.9. The second-order valence-corrected chi connectivity index (χ2v) is 9.29. The van der Waals surface area contributed by atoms with Crippen LogP contribution >= 0.6 is 0 Å². The molecule has 4 aromatic rings. The van der Waals surface area contributed by atoms with Crippen molar-refractivity contribution in [1.82, 2.24) is 0 Å². The highest BCUT2D eigenvalue weighted by Crippen LogP contribution is 2.45. The van der Waals surface area contributed by atoms with Gasteiger partial charge in [0, 0.05) is 23.7 Å². The van der Waals surface area contributed by atoms with E-state index in [-0.39, 0.29) is 23.1 Å². The minimum Gasteiger partial charge on any atom is -0.507 e. The van der Waals surface area contributed by atoms with E-state index in [0.29, 0.717) is 23.3 Å². The van der Waals surface area contributed by atoms with Crippen LogP contribution in [-0.4, -0.2) is 22.9 Å². The normalized spacial score (nSPS) is 20.4. The number of hydrogen-bond donors (Lipinski definition) is 1. The first-order chi connectivity index (χ1) is 17.8. The molecule has 0 saturated carbocycles. The van der Waals surface area contributed by atoms with E-state index < -0.39 is 29.4 Å². The molecule has 0 radical (unpaired) electrons. The van der Waals surface area contributed by atoms with Crippen molar-refractivity contribution in [1.29, 1.82) is 0 Å². The van der Waals surface area contributed by atoms with Crippen LogP contribution in [0.4, 0.5) is 14.5 Å². The van der Waals surface area contributed by atoms with Gasteiger partial charge in [-0.25, -0.2) is 8.78 Å². The summed E-state index contributed by atoms with van der Waals surface area (Å²) in [6, 6.07) is 20.0. The van der Waals surface area contributed by atoms with Crippen molar-refractivity contribution in [2.75, 3.05) is 4.90 Å². The first kappa shape index (κ1) is 22.9. The van der Waals surface area contributed by atoms with Crippen molar-refractivity contribution in [2.24, 2.45) is 0 Å². The van der Waals surface area contributed by atoms with Crippen molar-refractivity contribution in [3.8, 4) is 5.75 Å². The van der Waals surface area contributed by atoms with Gasteiger partial charge in [-0.15, -0.1) is 0 Å². The Kier molecular flexibility index (Phi) is 5.30. The number of halogens is 2. The lowest BCUT2D eigenvalue weighted by Crippen LogP contribution is -2.29. The standard InChI is InChI=1S/C30H21F2NO4/c1-16-13-19-14-18(9-12-25(19)37-16)28(34)26-27(22-8-4-6-17-5-2-3-7-21(17)22)33(30(36)29(26)35)20-10-11-23(31)24(32)15-20/h2-12,14-16,27,34H,13H2,1H3/b28-26-. The zero-order chi connectivity index (χ0) is 25.8. The number of rotatable bonds is 3. The zero-order valence-corrected chi connectivity index (χ0v) is 19.7. The summed E-state index contributed by atoms with van der Waals surface area (Å²) in [4.78, 5) is 28.0. The molecule has 4 aromatic carbocycles. The van der Waals surface area contributed by atoms with Crippen LogP contribution in [0, 0.1) is 11.6 Å². The van der Waals surface area contributed by atoms with Gasteiger partial charge < -0.3 is 9.84 Å². The van der Waals surface area contributed by atoms with E-state index in [1.54, 1.807) is 30.3 Å². The summed E-state index contributed by atoms with van der Waals surface area (Å²) in [7, 11) is 0. The third-order valence-electron chi connectivity index (χ3n) is 6.91. The molecule has 2 aliphatic heterocycles. The van der Waals surface area contributed by atoms with Crippen LogP contribution in [0.15, 0.2) is 84.4 Å². The van der Waals surface area contributed by atoms with Crippen molar-refractivity contribution in [3.05, 3.63) is 113 Å². The lowest BCUT2D eigenvalue weighted by molar-refractivity contribution is -0.132. The SMILES string of the molecule is CC1Cc2cc(/C(O)=C3/C(=O)C(=O)N(c4ccc(F)c(F)c4)C3c3cccc4ccccc34)ccc2O1. The predicted octanol–water partition coefficient (Wildman–Crippen LogP) is 6.07. The molecule has 1 N–H and O–H groups in total. The van der Waals surface area contributed by atoms with Gasteiger partial charge in [-0.2, -0.15) is 0 Å². The number of nitrogens with zero attached hydrogens (tertiary/aromatic N) is 1. The first-order valence-electron chi connectivity index (χ1n) is 11.9. The Morgan fingerprint density at radius 2 is 1.73 bits per heavy atom. The fraction of sp³-hybridized carbons (Fsp3) is 0.133. The van der Waals surface area contributed by atoms with Crippen molar-refractivity contribution in [3.63, 3.8) is 0 Å². The topological polar surface area (TPSA) is 66.8 Å². The monoisotopic (exact) mass is 497 g/mol. The maximum Gasteiger partial charge on any atom is 0.300 e. The van der Waals surface area contributed by atoms with E-state index in [1.165, 1.54) is 6.07 Å². The summed E-state index contributed by atoms with van der Waals surface area (Å²) < 4.78 is 33.7. The molecule has 2 aliphatic rings. The quantitative estimate of drug-likeness (QED) is 0.212. The van der Waals surface area contributed by atoms with E-state index in [0.717, 1.165) is 33.4 Å². The third-order valence-corrected chi connectivity index (χ3v) is 6.91. The van der Waals surface area contributed by atoms with E-state index in [9.17, 15) is 23.5 Å². The van der Waals surface area contributed by atoms with Crippen molar-refractivity contribution >= 4 is 33.9 Å². The fourth-order valence-electron chi connectivity index (χ4n) is 5.24. The number of amides is 1. The molecular formula is C30H21F2NO4. The molecule has 1 fully saturated rings. The number of ether oxygens (including phenoxy) is 1. The molecule has 2 atom stereocenters. The van der Waals surface area contributed by atoms with E-state index in [1.807, 2.05) is 37.3 Å². The van der Waals surface area contributed by atoms with E-state index >= 15 is 0 Å². The van der Waals surface area contributed by atoms with Gasteiger partial charge >= 0.3 is 0 Å². The van der Waals surface area contributed by atoms with Gasteiger partial charge in [-0.1, -0.05) is 42.5 Å². The lowest BCUT2D eigenvalue weighted by Gasteiger charge is -2.26. The summed E-state index contributed by atoms with van der Waals surface area (Å²) >= 11 is 0. The van der Waals surface area contributed by atoms with Crippen LogP contribution in [-0.2, 0) is 16.0 Å². The maximum atomic E-state index is 14.2. The molecule has 1 amide bonds. The maximum absolute atomic E-state index is 14.2. The number of benzene rings is 4. The Bertz CT molecular complexity index is 1640. The summed E-state index contributed by atoms with van der Waals surface area (Å²) in [6.45, 7) is 1.94. The van der Waals surface area contributed by atoms with Crippen molar-refractivity contribution < 1.29 is 28.2 Å². The second kappa shape index (κ2) is 8.55. The molecule has 37 heavy (non-hydrogen) atoms. The number of fused-ring (bicyclic) bond motifs is 2. The van der Waals surface area contributed by atoms with Gasteiger partial charge in [-0.05, 0) is 59.2 Å².